The van der Waals surface area contributed by atoms with Gasteiger partial charge in [-0.3, -0.25) is 0 Å². The Hall–Kier alpha value is 0.400. The Morgan fingerprint density at radius 1 is 1.17 bits per heavy atom. The zero-order valence-corrected chi connectivity index (χ0v) is 10.3. The van der Waals surface area contributed by atoms with Crippen LogP contribution < -0.4 is 0 Å². The van der Waals surface area contributed by atoms with Crippen molar-refractivity contribution in [1.82, 2.24) is 3.71 Å². The quantitative estimate of drug-likeness (QED) is 0.629. The van der Waals surface area contributed by atoms with Crippen molar-refractivity contribution in [2.45, 2.75) is 0 Å². The third-order valence-corrected chi connectivity index (χ3v) is 10.1. The molecule has 1 rings (SSSR count). The zero-order chi connectivity index (χ0) is 9.41. The molecular formula is C9H21NS2. The van der Waals surface area contributed by atoms with Gasteiger partial charge in [0, 0.05) is 6.54 Å². The van der Waals surface area contributed by atoms with E-state index < -0.39 is 20.4 Å². The summed E-state index contributed by atoms with van der Waals surface area (Å²) in [6, 6.07) is 0. The summed E-state index contributed by atoms with van der Waals surface area (Å²) in [4.78, 5) is 0. The Kier molecular flexibility index (Phi) is 2.86. The first-order valence-electron chi connectivity index (χ1n) is 4.21. The number of nitrogens with zero attached hydrogens (tertiary/aromatic N) is 1. The van der Waals surface area contributed by atoms with Gasteiger partial charge in [-0.25, -0.2) is 3.71 Å². The molecule has 0 aromatic carbocycles. The maximum atomic E-state index is 3.84. The van der Waals surface area contributed by atoms with E-state index in [-0.39, 0.29) is 0 Å². The highest BCUT2D eigenvalue weighted by atomic mass is 32.3. The standard InChI is InChI=1S/C9H21NS2/c1-6-7-10-11(2,3)8-9-12(10,4)5/h6H,1,7-9H2,2-5H3. The Balaban J connectivity index is 2.80. The van der Waals surface area contributed by atoms with Gasteiger partial charge in [-0.05, 0) is 36.5 Å². The molecule has 12 heavy (non-hydrogen) atoms. The smallest absolute Gasteiger partial charge is 0.0347 e. The Morgan fingerprint density at radius 2 is 1.58 bits per heavy atom. The molecule has 0 N–H and O–H groups in total. The summed E-state index contributed by atoms with van der Waals surface area (Å²) < 4.78 is 2.72. The fourth-order valence-electron chi connectivity index (χ4n) is 1.67. The third-order valence-electron chi connectivity index (χ3n) is 2.46. The minimum atomic E-state index is -0.458. The molecule has 1 nitrogen and oxygen atoms in total. The van der Waals surface area contributed by atoms with Crippen molar-refractivity contribution in [3.05, 3.63) is 12.7 Å². The maximum Gasteiger partial charge on any atom is 0.0347 e. The summed E-state index contributed by atoms with van der Waals surface area (Å²) in [7, 11) is -0.916. The van der Waals surface area contributed by atoms with E-state index in [9.17, 15) is 0 Å². The van der Waals surface area contributed by atoms with E-state index in [0.717, 1.165) is 6.54 Å². The molecule has 0 aliphatic carbocycles. The van der Waals surface area contributed by atoms with E-state index in [1.54, 1.807) is 0 Å². The largest absolute Gasteiger partial charge is 0.228 e. The van der Waals surface area contributed by atoms with E-state index in [0.29, 0.717) is 0 Å². The van der Waals surface area contributed by atoms with Crippen LogP contribution in [0, 0.1) is 0 Å². The second kappa shape index (κ2) is 3.28. The summed E-state index contributed by atoms with van der Waals surface area (Å²) in [5, 5.41) is 0. The molecule has 0 aromatic rings. The number of hydrogen-bond acceptors (Lipinski definition) is 1. The second-order valence-electron chi connectivity index (χ2n) is 4.17. The highest BCUT2D eigenvalue weighted by molar-refractivity contribution is 8.47. The van der Waals surface area contributed by atoms with Crippen LogP contribution in [-0.2, 0) is 0 Å². The van der Waals surface area contributed by atoms with Crippen molar-refractivity contribution in [1.29, 1.82) is 0 Å². The summed E-state index contributed by atoms with van der Waals surface area (Å²) in [6.45, 7) is 4.93. The fourth-order valence-corrected chi connectivity index (χ4v) is 11.2. The SMILES string of the molecule is C=CCN1S(C)(C)CCS1(C)C. The lowest BCUT2D eigenvalue weighted by Crippen LogP contribution is -2.23. The van der Waals surface area contributed by atoms with Gasteiger partial charge in [-0.2, -0.15) is 20.4 Å². The Morgan fingerprint density at radius 3 is 1.92 bits per heavy atom. The molecule has 1 saturated heterocycles. The predicted octanol–water partition coefficient (Wildman–Crippen LogP) is 2.45. The van der Waals surface area contributed by atoms with Gasteiger partial charge in [-0.15, -0.1) is 6.58 Å². The lowest BCUT2D eigenvalue weighted by Gasteiger charge is -2.45. The number of hydrogen-bond donors (Lipinski definition) is 0. The molecule has 0 amide bonds. The van der Waals surface area contributed by atoms with Crippen molar-refractivity contribution in [2.24, 2.45) is 0 Å². The van der Waals surface area contributed by atoms with E-state index in [2.05, 4.69) is 41.4 Å². The van der Waals surface area contributed by atoms with Gasteiger partial charge in [-0.1, -0.05) is 6.08 Å². The van der Waals surface area contributed by atoms with Crippen LogP contribution in [0.2, 0.25) is 0 Å². The second-order valence-corrected chi connectivity index (χ2v) is 12.0. The Bertz CT molecular complexity index is 171. The molecule has 0 aromatic heterocycles. The van der Waals surface area contributed by atoms with Crippen molar-refractivity contribution in [3.63, 3.8) is 0 Å². The highest BCUT2D eigenvalue weighted by Crippen LogP contribution is 2.67. The molecule has 0 spiro atoms. The molecule has 0 saturated carbocycles. The van der Waals surface area contributed by atoms with Crippen molar-refractivity contribution < 1.29 is 0 Å². The first kappa shape index (κ1) is 10.5. The molecule has 0 bridgehead atoms. The van der Waals surface area contributed by atoms with Gasteiger partial charge < -0.3 is 0 Å². The van der Waals surface area contributed by atoms with Crippen molar-refractivity contribution in [3.8, 4) is 0 Å². The molecule has 1 aliphatic rings. The van der Waals surface area contributed by atoms with Crippen LogP contribution in [-0.4, -0.2) is 46.8 Å². The first-order valence-corrected chi connectivity index (χ1v) is 9.36. The topological polar surface area (TPSA) is 3.24 Å². The maximum absolute atomic E-state index is 3.84. The van der Waals surface area contributed by atoms with E-state index >= 15 is 0 Å². The predicted molar refractivity (Wildman–Crippen MR) is 65.5 cm³/mol. The fraction of sp³-hybridized carbons (Fsp3) is 0.778. The summed E-state index contributed by atoms with van der Waals surface area (Å²) in [6.07, 6.45) is 11.8. The molecule has 0 radical (unpaired) electrons. The highest BCUT2D eigenvalue weighted by Gasteiger charge is 2.37. The van der Waals surface area contributed by atoms with Crippen molar-refractivity contribution >= 4 is 20.4 Å². The van der Waals surface area contributed by atoms with Gasteiger partial charge >= 0.3 is 0 Å². The van der Waals surface area contributed by atoms with Crippen LogP contribution in [0.25, 0.3) is 0 Å². The molecule has 3 heteroatoms. The van der Waals surface area contributed by atoms with Gasteiger partial charge in [0.1, 0.15) is 0 Å². The molecule has 0 atom stereocenters. The summed E-state index contributed by atoms with van der Waals surface area (Å²) >= 11 is 0. The molecule has 1 fully saturated rings. The van der Waals surface area contributed by atoms with Crippen molar-refractivity contribution in [2.75, 3.05) is 43.1 Å². The van der Waals surface area contributed by atoms with Crippen LogP contribution in [0.5, 0.6) is 0 Å². The van der Waals surface area contributed by atoms with Gasteiger partial charge in [0.2, 0.25) is 0 Å². The Labute approximate surface area is 80.1 Å². The minimum Gasteiger partial charge on any atom is -0.228 e. The molecule has 1 aliphatic heterocycles. The molecule has 74 valence electrons. The van der Waals surface area contributed by atoms with Gasteiger partial charge in [0.25, 0.3) is 0 Å². The van der Waals surface area contributed by atoms with Crippen LogP contribution in [0.4, 0.5) is 0 Å². The average molecular weight is 207 g/mol. The number of rotatable bonds is 2. The van der Waals surface area contributed by atoms with Crippen LogP contribution in [0.1, 0.15) is 0 Å². The molecule has 1 heterocycles. The molecule has 0 unspecified atom stereocenters. The van der Waals surface area contributed by atoms with E-state index in [1.807, 2.05) is 0 Å². The lowest BCUT2D eigenvalue weighted by atomic mass is 10.7. The van der Waals surface area contributed by atoms with Gasteiger partial charge in [0.05, 0.1) is 0 Å². The minimum absolute atomic E-state index is 0.458. The lowest BCUT2D eigenvalue weighted by molar-refractivity contribution is 0.819. The van der Waals surface area contributed by atoms with Gasteiger partial charge in [0.15, 0.2) is 0 Å². The normalized spacial score (nSPS) is 32.7. The third kappa shape index (κ3) is 1.83. The van der Waals surface area contributed by atoms with E-state index in [4.69, 9.17) is 0 Å². The summed E-state index contributed by atoms with van der Waals surface area (Å²) in [5.41, 5.74) is 0. The van der Waals surface area contributed by atoms with Crippen LogP contribution in [0.3, 0.4) is 0 Å². The van der Waals surface area contributed by atoms with Crippen LogP contribution in [0.15, 0.2) is 12.7 Å². The monoisotopic (exact) mass is 207 g/mol. The van der Waals surface area contributed by atoms with E-state index in [1.165, 1.54) is 11.5 Å². The average Bonchev–Trinajstić information content (AvgIpc) is 2.13. The summed E-state index contributed by atoms with van der Waals surface area (Å²) in [5.74, 6) is 2.84. The zero-order valence-electron chi connectivity index (χ0n) is 8.67. The molecular weight excluding hydrogens is 186 g/mol. The van der Waals surface area contributed by atoms with Crippen LogP contribution >= 0.6 is 20.4 Å². The first-order chi connectivity index (χ1) is 5.40.